The first-order chi connectivity index (χ1) is 14.5. The predicted molar refractivity (Wildman–Crippen MR) is 117 cm³/mol. The van der Waals surface area contributed by atoms with E-state index in [-0.39, 0.29) is 18.2 Å². The van der Waals surface area contributed by atoms with Gasteiger partial charge in [-0.15, -0.1) is 0 Å². The SMILES string of the molecule is Cc1nc2ccccc2c(C)c1CC(=O)Nc1ccc(C(=O)N2CCOCC2)cc1. The minimum atomic E-state index is -0.106. The number of rotatable bonds is 4. The molecule has 2 aromatic carbocycles. The van der Waals surface area contributed by atoms with E-state index in [1.165, 1.54) is 0 Å². The van der Waals surface area contributed by atoms with Gasteiger partial charge in [-0.1, -0.05) is 18.2 Å². The monoisotopic (exact) mass is 403 g/mol. The average molecular weight is 403 g/mol. The molecule has 4 rings (SSSR count). The molecule has 6 heteroatoms. The molecule has 1 saturated heterocycles. The van der Waals surface area contributed by atoms with Gasteiger partial charge in [-0.3, -0.25) is 14.6 Å². The number of carbonyl (C=O) groups excluding carboxylic acids is 2. The summed E-state index contributed by atoms with van der Waals surface area (Å²) >= 11 is 0. The van der Waals surface area contributed by atoms with Gasteiger partial charge in [0.1, 0.15) is 0 Å². The van der Waals surface area contributed by atoms with Crippen molar-refractivity contribution in [2.45, 2.75) is 20.3 Å². The van der Waals surface area contributed by atoms with Gasteiger partial charge in [0.2, 0.25) is 5.91 Å². The second-order valence-electron chi connectivity index (χ2n) is 7.52. The Labute approximate surface area is 175 Å². The summed E-state index contributed by atoms with van der Waals surface area (Å²) in [5.74, 6) is -0.116. The Bertz CT molecular complexity index is 1090. The van der Waals surface area contributed by atoms with Crippen LogP contribution >= 0.6 is 0 Å². The molecule has 0 spiro atoms. The first-order valence-corrected chi connectivity index (χ1v) is 10.1. The van der Waals surface area contributed by atoms with Crippen LogP contribution in [0.3, 0.4) is 0 Å². The third kappa shape index (κ3) is 4.19. The average Bonchev–Trinajstić information content (AvgIpc) is 2.77. The second-order valence-corrected chi connectivity index (χ2v) is 7.52. The van der Waals surface area contributed by atoms with E-state index in [4.69, 9.17) is 4.74 Å². The van der Waals surface area contributed by atoms with Crippen molar-refractivity contribution in [3.63, 3.8) is 0 Å². The number of hydrogen-bond donors (Lipinski definition) is 1. The lowest BCUT2D eigenvalue weighted by molar-refractivity contribution is -0.115. The number of hydrogen-bond acceptors (Lipinski definition) is 4. The fourth-order valence-corrected chi connectivity index (χ4v) is 3.84. The number of pyridine rings is 1. The number of amides is 2. The molecular weight excluding hydrogens is 378 g/mol. The second kappa shape index (κ2) is 8.63. The quantitative estimate of drug-likeness (QED) is 0.724. The molecule has 154 valence electrons. The molecule has 0 aliphatic carbocycles. The number of ether oxygens (including phenoxy) is 1. The summed E-state index contributed by atoms with van der Waals surface area (Å²) < 4.78 is 5.29. The van der Waals surface area contributed by atoms with Crippen LogP contribution in [-0.4, -0.2) is 48.0 Å². The van der Waals surface area contributed by atoms with Crippen LogP contribution in [0.2, 0.25) is 0 Å². The van der Waals surface area contributed by atoms with Gasteiger partial charge in [-0.25, -0.2) is 0 Å². The predicted octanol–water partition coefficient (Wildman–Crippen LogP) is 3.51. The van der Waals surface area contributed by atoms with Crippen molar-refractivity contribution in [3.8, 4) is 0 Å². The number of carbonyl (C=O) groups is 2. The Morgan fingerprint density at radius 1 is 1.03 bits per heavy atom. The number of para-hydroxylation sites is 1. The van der Waals surface area contributed by atoms with Crippen molar-refractivity contribution in [2.24, 2.45) is 0 Å². The fraction of sp³-hybridized carbons (Fsp3) is 0.292. The van der Waals surface area contributed by atoms with Crippen molar-refractivity contribution in [1.29, 1.82) is 0 Å². The number of aromatic nitrogens is 1. The fourth-order valence-electron chi connectivity index (χ4n) is 3.84. The number of nitrogens with one attached hydrogen (secondary N) is 1. The molecule has 3 aromatic rings. The zero-order chi connectivity index (χ0) is 21.1. The number of morpholine rings is 1. The van der Waals surface area contributed by atoms with Crippen LogP contribution in [0, 0.1) is 13.8 Å². The van der Waals surface area contributed by atoms with Gasteiger partial charge in [-0.05, 0) is 55.3 Å². The van der Waals surface area contributed by atoms with E-state index < -0.39 is 0 Å². The van der Waals surface area contributed by atoms with E-state index in [1.54, 1.807) is 29.2 Å². The van der Waals surface area contributed by atoms with Crippen LogP contribution in [0.5, 0.6) is 0 Å². The molecule has 1 aliphatic rings. The van der Waals surface area contributed by atoms with Crippen LogP contribution in [-0.2, 0) is 16.0 Å². The van der Waals surface area contributed by atoms with E-state index >= 15 is 0 Å². The first-order valence-electron chi connectivity index (χ1n) is 10.1. The van der Waals surface area contributed by atoms with Crippen molar-refractivity contribution < 1.29 is 14.3 Å². The lowest BCUT2D eigenvalue weighted by Gasteiger charge is -2.26. The highest BCUT2D eigenvalue weighted by molar-refractivity contribution is 5.96. The molecule has 0 atom stereocenters. The van der Waals surface area contributed by atoms with Gasteiger partial charge in [0, 0.05) is 35.4 Å². The van der Waals surface area contributed by atoms with E-state index in [0.717, 1.165) is 27.7 Å². The Hall–Kier alpha value is -3.25. The molecule has 6 nitrogen and oxygen atoms in total. The highest BCUT2D eigenvalue weighted by atomic mass is 16.5. The maximum absolute atomic E-state index is 12.7. The summed E-state index contributed by atoms with van der Waals surface area (Å²) in [6.07, 6.45) is 0.254. The first kappa shape index (κ1) is 20.0. The van der Waals surface area contributed by atoms with Crippen LogP contribution in [0.25, 0.3) is 10.9 Å². The summed E-state index contributed by atoms with van der Waals surface area (Å²) in [6, 6.07) is 15.0. The summed E-state index contributed by atoms with van der Waals surface area (Å²) in [5, 5.41) is 3.99. The third-order valence-corrected chi connectivity index (χ3v) is 5.54. The normalized spacial score (nSPS) is 14.0. The molecule has 1 fully saturated rings. The molecule has 0 bridgehead atoms. The number of fused-ring (bicyclic) bond motifs is 1. The minimum Gasteiger partial charge on any atom is -0.378 e. The van der Waals surface area contributed by atoms with Crippen LogP contribution < -0.4 is 5.32 Å². The van der Waals surface area contributed by atoms with E-state index in [2.05, 4.69) is 10.3 Å². The topological polar surface area (TPSA) is 71.5 Å². The maximum Gasteiger partial charge on any atom is 0.254 e. The smallest absolute Gasteiger partial charge is 0.254 e. The van der Waals surface area contributed by atoms with E-state index in [9.17, 15) is 9.59 Å². The molecule has 1 N–H and O–H groups in total. The van der Waals surface area contributed by atoms with Gasteiger partial charge in [0.25, 0.3) is 5.91 Å². The molecule has 0 unspecified atom stereocenters. The minimum absolute atomic E-state index is 0.00957. The Morgan fingerprint density at radius 2 is 1.73 bits per heavy atom. The molecule has 2 heterocycles. The number of anilines is 1. The highest BCUT2D eigenvalue weighted by Gasteiger charge is 2.18. The lowest BCUT2D eigenvalue weighted by atomic mass is 9.99. The van der Waals surface area contributed by atoms with E-state index in [1.807, 2.05) is 38.1 Å². The van der Waals surface area contributed by atoms with Crippen molar-refractivity contribution >= 4 is 28.4 Å². The molecular formula is C24H25N3O3. The van der Waals surface area contributed by atoms with Gasteiger partial charge in [0.15, 0.2) is 0 Å². The highest BCUT2D eigenvalue weighted by Crippen LogP contribution is 2.23. The van der Waals surface area contributed by atoms with E-state index in [0.29, 0.717) is 37.6 Å². The van der Waals surface area contributed by atoms with Crippen molar-refractivity contribution in [3.05, 3.63) is 70.9 Å². The molecule has 30 heavy (non-hydrogen) atoms. The van der Waals surface area contributed by atoms with Crippen LogP contribution in [0.4, 0.5) is 5.69 Å². The summed E-state index contributed by atoms with van der Waals surface area (Å²) in [4.78, 5) is 31.6. The molecule has 0 radical (unpaired) electrons. The Morgan fingerprint density at radius 3 is 2.47 bits per heavy atom. The zero-order valence-corrected chi connectivity index (χ0v) is 17.3. The Balaban J connectivity index is 1.44. The van der Waals surface area contributed by atoms with Crippen LogP contribution in [0.15, 0.2) is 48.5 Å². The van der Waals surface area contributed by atoms with Gasteiger partial charge < -0.3 is 15.0 Å². The van der Waals surface area contributed by atoms with Crippen molar-refractivity contribution in [2.75, 3.05) is 31.6 Å². The largest absolute Gasteiger partial charge is 0.378 e. The summed E-state index contributed by atoms with van der Waals surface area (Å²) in [6.45, 7) is 6.33. The summed E-state index contributed by atoms with van der Waals surface area (Å²) in [7, 11) is 0. The third-order valence-electron chi connectivity index (χ3n) is 5.54. The van der Waals surface area contributed by atoms with Crippen LogP contribution in [0.1, 0.15) is 27.2 Å². The number of nitrogens with zero attached hydrogens (tertiary/aromatic N) is 2. The van der Waals surface area contributed by atoms with Gasteiger partial charge in [-0.2, -0.15) is 0 Å². The lowest BCUT2D eigenvalue weighted by Crippen LogP contribution is -2.40. The number of aryl methyl sites for hydroxylation is 2. The summed E-state index contributed by atoms with van der Waals surface area (Å²) in [5.41, 5.74) is 5.12. The molecule has 1 aromatic heterocycles. The van der Waals surface area contributed by atoms with Gasteiger partial charge >= 0.3 is 0 Å². The molecule has 0 saturated carbocycles. The standard InChI is InChI=1S/C24H25N3O3/c1-16-20-5-3-4-6-22(20)25-17(2)21(16)15-23(28)26-19-9-7-18(8-10-19)24(29)27-11-13-30-14-12-27/h3-10H,11-15H2,1-2H3,(H,26,28). The number of benzene rings is 2. The molecule has 1 aliphatic heterocycles. The Kier molecular flexibility index (Phi) is 5.77. The van der Waals surface area contributed by atoms with Gasteiger partial charge in [0.05, 0.1) is 25.2 Å². The maximum atomic E-state index is 12.7. The zero-order valence-electron chi connectivity index (χ0n) is 17.3. The molecule has 2 amide bonds. The van der Waals surface area contributed by atoms with Crippen molar-refractivity contribution in [1.82, 2.24) is 9.88 Å².